The van der Waals surface area contributed by atoms with Gasteiger partial charge in [0.15, 0.2) is 0 Å². The van der Waals surface area contributed by atoms with Gasteiger partial charge in [0.25, 0.3) is 0 Å². The highest BCUT2D eigenvalue weighted by atomic mass is 79.9. The summed E-state index contributed by atoms with van der Waals surface area (Å²) in [7, 11) is 1.47. The maximum Gasteiger partial charge on any atom is 0.144 e. The Labute approximate surface area is 151 Å². The van der Waals surface area contributed by atoms with E-state index < -0.39 is 10.0 Å². The molecule has 3 aromatic heterocycles. The summed E-state index contributed by atoms with van der Waals surface area (Å²) in [6.07, 6.45) is 12.5. The van der Waals surface area contributed by atoms with Gasteiger partial charge in [-0.05, 0) is 40.8 Å². The Balaban J connectivity index is 1.72. The largest absolute Gasteiger partial charge is 0.358 e. The van der Waals surface area contributed by atoms with E-state index in [4.69, 9.17) is 4.74 Å². The second-order valence-corrected chi connectivity index (χ2v) is 12.0. The van der Waals surface area contributed by atoms with Gasteiger partial charge in [0.05, 0.1) is 35.6 Å². The topological polar surface area (TPSA) is 57.8 Å². The minimum absolute atomic E-state index is 0.465. The lowest BCUT2D eigenvalue weighted by molar-refractivity contribution is 0.0809. The molecule has 0 amide bonds. The van der Waals surface area contributed by atoms with Crippen molar-refractivity contribution in [1.82, 2.24) is 24.3 Å². The molecule has 0 aliphatic rings. The molecule has 0 radical (unpaired) electrons. The standard InChI is InChI=1S/C16H22BrN5OS/c1-21-14-9-18-15(17)7-13(14)20-16(21)12-8-19-22(10-12)11-23-5-6-24(2,3)4/h7-10H,5-6,11H2,1-4H3. The summed E-state index contributed by atoms with van der Waals surface area (Å²) in [6, 6.07) is 1.92. The number of halogens is 1. The molecule has 3 rings (SSSR count). The van der Waals surface area contributed by atoms with Crippen LogP contribution in [0.15, 0.2) is 29.3 Å². The molecule has 0 N–H and O–H groups in total. The first-order chi connectivity index (χ1) is 11.3. The number of aromatic nitrogens is 5. The number of ether oxygens (including phenoxy) is 1. The number of aryl methyl sites for hydroxylation is 1. The Morgan fingerprint density at radius 2 is 2.04 bits per heavy atom. The molecule has 3 aromatic rings. The van der Waals surface area contributed by atoms with Crippen molar-refractivity contribution in [3.05, 3.63) is 29.3 Å². The molecule has 0 aromatic carbocycles. The second-order valence-electron chi connectivity index (χ2n) is 6.59. The molecule has 0 saturated heterocycles. The summed E-state index contributed by atoms with van der Waals surface area (Å²) >= 11 is 3.38. The Morgan fingerprint density at radius 1 is 1.25 bits per heavy atom. The van der Waals surface area contributed by atoms with E-state index in [2.05, 4.69) is 49.8 Å². The lowest BCUT2D eigenvalue weighted by Gasteiger charge is -2.24. The number of rotatable bonds is 6. The van der Waals surface area contributed by atoms with Crippen molar-refractivity contribution in [2.75, 3.05) is 31.1 Å². The van der Waals surface area contributed by atoms with Gasteiger partial charge in [-0.25, -0.2) is 24.7 Å². The summed E-state index contributed by atoms with van der Waals surface area (Å²) in [4.78, 5) is 8.95. The van der Waals surface area contributed by atoms with Crippen LogP contribution in [0.1, 0.15) is 0 Å². The van der Waals surface area contributed by atoms with Crippen LogP contribution in [0.2, 0.25) is 0 Å². The molecule has 0 aliphatic heterocycles. The van der Waals surface area contributed by atoms with Crippen LogP contribution in [0.5, 0.6) is 0 Å². The molecule has 0 atom stereocenters. The van der Waals surface area contributed by atoms with E-state index in [0.717, 1.165) is 39.4 Å². The Bertz CT molecular complexity index is 852. The molecule has 0 saturated carbocycles. The van der Waals surface area contributed by atoms with Crippen LogP contribution < -0.4 is 0 Å². The van der Waals surface area contributed by atoms with E-state index in [0.29, 0.717) is 6.73 Å². The lowest BCUT2D eigenvalue weighted by atomic mass is 10.3. The molecule has 0 fully saturated rings. The highest BCUT2D eigenvalue weighted by molar-refractivity contribution is 9.10. The lowest BCUT2D eigenvalue weighted by Crippen LogP contribution is -2.10. The summed E-state index contributed by atoms with van der Waals surface area (Å²) in [6.45, 7) is 1.23. The van der Waals surface area contributed by atoms with Crippen LogP contribution in [0.4, 0.5) is 0 Å². The minimum atomic E-state index is -0.518. The fourth-order valence-corrected chi connectivity index (χ4v) is 3.28. The van der Waals surface area contributed by atoms with Crippen molar-refractivity contribution < 1.29 is 4.74 Å². The quantitative estimate of drug-likeness (QED) is 0.461. The van der Waals surface area contributed by atoms with Gasteiger partial charge in [0.1, 0.15) is 17.2 Å². The molecule has 0 unspecified atom stereocenters. The zero-order chi connectivity index (χ0) is 17.3. The molecule has 3 heterocycles. The van der Waals surface area contributed by atoms with Gasteiger partial charge in [-0.2, -0.15) is 5.10 Å². The van der Waals surface area contributed by atoms with Gasteiger partial charge in [0, 0.05) is 19.0 Å². The average molecular weight is 412 g/mol. The highest BCUT2D eigenvalue weighted by Gasteiger charge is 2.12. The van der Waals surface area contributed by atoms with Crippen molar-refractivity contribution in [3.8, 4) is 11.4 Å². The number of hydrogen-bond donors (Lipinski definition) is 0. The van der Waals surface area contributed by atoms with Gasteiger partial charge in [0.2, 0.25) is 0 Å². The fraction of sp³-hybridized carbons (Fsp3) is 0.438. The Kier molecular flexibility index (Phi) is 4.98. The number of fused-ring (bicyclic) bond motifs is 1. The van der Waals surface area contributed by atoms with Crippen molar-refractivity contribution in [1.29, 1.82) is 0 Å². The van der Waals surface area contributed by atoms with Crippen LogP contribution in [0.3, 0.4) is 0 Å². The van der Waals surface area contributed by atoms with Crippen LogP contribution in [-0.4, -0.2) is 55.4 Å². The molecular formula is C16H22BrN5OS. The smallest absolute Gasteiger partial charge is 0.144 e. The summed E-state index contributed by atoms with van der Waals surface area (Å²) in [5.74, 6) is 1.98. The van der Waals surface area contributed by atoms with Crippen molar-refractivity contribution >= 4 is 37.0 Å². The minimum Gasteiger partial charge on any atom is -0.358 e. The third kappa shape index (κ3) is 3.99. The molecular weight excluding hydrogens is 390 g/mol. The van der Waals surface area contributed by atoms with Crippen molar-refractivity contribution in [3.63, 3.8) is 0 Å². The zero-order valence-corrected chi connectivity index (χ0v) is 16.8. The number of pyridine rings is 1. The van der Waals surface area contributed by atoms with E-state index in [1.807, 2.05) is 36.3 Å². The summed E-state index contributed by atoms with van der Waals surface area (Å²) in [5, 5.41) is 4.38. The summed E-state index contributed by atoms with van der Waals surface area (Å²) in [5.41, 5.74) is 2.87. The van der Waals surface area contributed by atoms with Crippen molar-refractivity contribution in [2.45, 2.75) is 6.73 Å². The predicted molar refractivity (Wildman–Crippen MR) is 104 cm³/mol. The SMILES string of the molecule is Cn1c(-c2cnn(COCCS(C)(C)C)c2)nc2cc(Br)ncc21. The van der Waals surface area contributed by atoms with E-state index in [9.17, 15) is 0 Å². The first-order valence-corrected chi connectivity index (χ1v) is 11.4. The molecule has 6 nitrogen and oxygen atoms in total. The van der Waals surface area contributed by atoms with Gasteiger partial charge in [-0.15, -0.1) is 0 Å². The number of nitrogens with zero attached hydrogens (tertiary/aromatic N) is 5. The van der Waals surface area contributed by atoms with E-state index >= 15 is 0 Å². The molecule has 8 heteroatoms. The van der Waals surface area contributed by atoms with Crippen LogP contribution >= 0.6 is 26.0 Å². The van der Waals surface area contributed by atoms with E-state index in [1.54, 1.807) is 4.68 Å². The summed E-state index contributed by atoms with van der Waals surface area (Å²) < 4.78 is 10.3. The van der Waals surface area contributed by atoms with Crippen molar-refractivity contribution in [2.24, 2.45) is 7.05 Å². The number of imidazole rings is 1. The first kappa shape index (κ1) is 17.4. The van der Waals surface area contributed by atoms with E-state index in [1.165, 1.54) is 0 Å². The average Bonchev–Trinajstić information content (AvgIpc) is 3.07. The van der Waals surface area contributed by atoms with Crippen LogP contribution in [-0.2, 0) is 18.5 Å². The van der Waals surface area contributed by atoms with Gasteiger partial charge in [-0.3, -0.25) is 0 Å². The zero-order valence-electron chi connectivity index (χ0n) is 14.4. The fourth-order valence-electron chi connectivity index (χ4n) is 2.34. The van der Waals surface area contributed by atoms with E-state index in [-0.39, 0.29) is 0 Å². The van der Waals surface area contributed by atoms with Crippen LogP contribution in [0.25, 0.3) is 22.4 Å². The van der Waals surface area contributed by atoms with Gasteiger partial charge in [-0.1, -0.05) is 0 Å². The van der Waals surface area contributed by atoms with Gasteiger partial charge < -0.3 is 9.30 Å². The molecule has 24 heavy (non-hydrogen) atoms. The first-order valence-electron chi connectivity index (χ1n) is 7.58. The maximum absolute atomic E-state index is 5.73. The third-order valence-corrected chi connectivity index (χ3v) is 5.51. The predicted octanol–water partition coefficient (Wildman–Crippen LogP) is 3.26. The third-order valence-electron chi connectivity index (χ3n) is 3.69. The Morgan fingerprint density at radius 3 is 2.79 bits per heavy atom. The molecule has 0 bridgehead atoms. The van der Waals surface area contributed by atoms with Gasteiger partial charge >= 0.3 is 0 Å². The monoisotopic (exact) mass is 411 g/mol. The molecule has 0 aliphatic carbocycles. The normalized spacial score (nSPS) is 12.9. The second kappa shape index (κ2) is 6.85. The highest BCUT2D eigenvalue weighted by Crippen LogP contribution is 2.33. The molecule has 130 valence electrons. The Hall–Kier alpha value is -1.38. The maximum atomic E-state index is 5.73. The van der Waals surface area contributed by atoms with Crippen LogP contribution in [0, 0.1) is 0 Å². The number of hydrogen-bond acceptors (Lipinski definition) is 4. The molecule has 0 spiro atoms.